The highest BCUT2D eigenvalue weighted by Crippen LogP contribution is 2.30. The smallest absolute Gasteiger partial charge is 0.335 e. The third kappa shape index (κ3) is 6.81. The number of halogens is 1. The number of anilines is 2. The lowest BCUT2D eigenvalue weighted by atomic mass is 10.2. The quantitative estimate of drug-likeness (QED) is 0.189. The summed E-state index contributed by atoms with van der Waals surface area (Å²) in [6, 6.07) is 16.2. The second kappa shape index (κ2) is 11.5. The minimum Gasteiger partial charge on any atom is -0.478 e. The van der Waals surface area contributed by atoms with Crippen LogP contribution in [0.15, 0.2) is 71.6 Å². The van der Waals surface area contributed by atoms with Crippen LogP contribution in [0.1, 0.15) is 34.1 Å². The molecule has 0 saturated heterocycles. The molecule has 0 aliphatic heterocycles. The van der Waals surface area contributed by atoms with Gasteiger partial charge < -0.3 is 15.7 Å². The van der Waals surface area contributed by atoms with Gasteiger partial charge in [-0.1, -0.05) is 24.6 Å². The Kier molecular flexibility index (Phi) is 8.45. The summed E-state index contributed by atoms with van der Waals surface area (Å²) in [4.78, 5) is 47.5. The molecule has 0 radical (unpaired) electrons. The first-order chi connectivity index (χ1) is 16.7. The van der Waals surface area contributed by atoms with E-state index in [2.05, 4.69) is 10.6 Å². The van der Waals surface area contributed by atoms with Gasteiger partial charge in [0.05, 0.1) is 26.4 Å². The third-order valence-electron chi connectivity index (χ3n) is 4.84. The number of nitro benzene ring substituents is 1. The van der Waals surface area contributed by atoms with Gasteiger partial charge in [-0.2, -0.15) is 0 Å². The minimum atomic E-state index is -1.13. The van der Waals surface area contributed by atoms with Crippen LogP contribution in [0.5, 0.6) is 0 Å². The van der Waals surface area contributed by atoms with E-state index < -0.39 is 22.0 Å². The van der Waals surface area contributed by atoms with Crippen molar-refractivity contribution >= 4 is 58.2 Å². The number of thioether (sulfide) groups is 1. The van der Waals surface area contributed by atoms with Crippen molar-refractivity contribution in [3.05, 3.63) is 93.0 Å². The zero-order chi connectivity index (χ0) is 25.5. The number of hydrogen-bond acceptors (Lipinski definition) is 6. The molecule has 0 bridgehead atoms. The lowest BCUT2D eigenvalue weighted by Crippen LogP contribution is -2.24. The van der Waals surface area contributed by atoms with Gasteiger partial charge in [0, 0.05) is 28.3 Å². The summed E-state index contributed by atoms with van der Waals surface area (Å²) in [5.41, 5.74) is 0.854. The van der Waals surface area contributed by atoms with E-state index in [1.807, 2.05) is 6.92 Å². The van der Waals surface area contributed by atoms with Crippen LogP contribution in [0.3, 0.4) is 0 Å². The molecule has 0 heterocycles. The van der Waals surface area contributed by atoms with E-state index in [1.54, 1.807) is 24.3 Å². The molecule has 0 aliphatic carbocycles. The lowest BCUT2D eigenvalue weighted by Gasteiger charge is -2.16. The highest BCUT2D eigenvalue weighted by Gasteiger charge is 2.20. The van der Waals surface area contributed by atoms with E-state index in [9.17, 15) is 24.5 Å². The Labute approximate surface area is 209 Å². The number of rotatable bonds is 9. The third-order valence-corrected chi connectivity index (χ3v) is 6.53. The maximum atomic E-state index is 12.8. The van der Waals surface area contributed by atoms with E-state index in [-0.39, 0.29) is 33.4 Å². The zero-order valence-electron chi connectivity index (χ0n) is 18.4. The summed E-state index contributed by atoms with van der Waals surface area (Å²) < 4.78 is 0. The molecule has 3 N–H and O–H groups in total. The molecule has 11 heteroatoms. The number of nitrogens with one attached hydrogen (secondary N) is 2. The fraction of sp³-hybridized carbons (Fsp3) is 0.125. The zero-order valence-corrected chi connectivity index (χ0v) is 19.9. The van der Waals surface area contributed by atoms with Gasteiger partial charge in [0.1, 0.15) is 0 Å². The second-order valence-electron chi connectivity index (χ2n) is 7.29. The van der Waals surface area contributed by atoms with Crippen molar-refractivity contribution in [2.45, 2.75) is 23.5 Å². The molecular weight excluding hydrogens is 494 g/mol. The minimum absolute atomic E-state index is 0.00173. The van der Waals surface area contributed by atoms with Gasteiger partial charge in [0.2, 0.25) is 5.91 Å². The normalized spacial score (nSPS) is 11.4. The summed E-state index contributed by atoms with van der Waals surface area (Å²) in [5, 5.41) is 25.1. The predicted octanol–water partition coefficient (Wildman–Crippen LogP) is 5.71. The molecule has 9 nitrogen and oxygen atoms in total. The summed E-state index contributed by atoms with van der Waals surface area (Å²) in [6.45, 7) is 1.84. The number of benzene rings is 3. The van der Waals surface area contributed by atoms with Crippen molar-refractivity contribution in [2.24, 2.45) is 0 Å². The van der Waals surface area contributed by atoms with Crippen LogP contribution in [0.2, 0.25) is 5.02 Å². The average molecular weight is 514 g/mol. The van der Waals surface area contributed by atoms with E-state index in [0.717, 1.165) is 4.90 Å². The number of carboxylic acid groups (broad SMARTS) is 1. The van der Waals surface area contributed by atoms with Crippen LogP contribution in [-0.2, 0) is 4.79 Å². The van der Waals surface area contributed by atoms with Crippen molar-refractivity contribution in [1.29, 1.82) is 0 Å². The highest BCUT2D eigenvalue weighted by atomic mass is 35.5. The number of carboxylic acids is 1. The number of non-ortho nitro benzene ring substituents is 1. The maximum absolute atomic E-state index is 12.8. The van der Waals surface area contributed by atoms with E-state index in [4.69, 9.17) is 16.7 Å². The molecule has 0 fully saturated rings. The van der Waals surface area contributed by atoms with Gasteiger partial charge in [-0.25, -0.2) is 4.79 Å². The molecule has 0 saturated carbocycles. The van der Waals surface area contributed by atoms with Crippen LogP contribution < -0.4 is 10.6 Å². The Hall–Kier alpha value is -3.89. The molecule has 3 aromatic rings. The first-order valence-corrected chi connectivity index (χ1v) is 11.6. The molecule has 0 aromatic heterocycles. The van der Waals surface area contributed by atoms with Crippen LogP contribution in [0.25, 0.3) is 0 Å². The number of carbonyl (C=O) groups excluding carboxylic acids is 2. The van der Waals surface area contributed by atoms with Crippen LogP contribution in [-0.4, -0.2) is 33.1 Å². The van der Waals surface area contributed by atoms with Crippen molar-refractivity contribution in [2.75, 3.05) is 10.6 Å². The standard InChI is InChI=1S/C24H20ClN3O6S/c1-2-21(23(30)27-20-12-15(24(31)32)8-11-19(20)25)35-18-5-3-4-16(13-18)26-22(29)14-6-9-17(10-7-14)28(33)34/h3-13,21H,2H2,1H3,(H,26,29)(H,27,30)(H,31,32). The summed E-state index contributed by atoms with van der Waals surface area (Å²) >= 11 is 7.39. The first kappa shape index (κ1) is 25.7. The molecule has 1 atom stereocenters. The van der Waals surface area contributed by atoms with Crippen LogP contribution in [0.4, 0.5) is 17.1 Å². The Bertz CT molecular complexity index is 1280. The maximum Gasteiger partial charge on any atom is 0.335 e. The van der Waals surface area contributed by atoms with E-state index in [1.165, 1.54) is 54.2 Å². The largest absolute Gasteiger partial charge is 0.478 e. The predicted molar refractivity (Wildman–Crippen MR) is 134 cm³/mol. The monoisotopic (exact) mass is 513 g/mol. The summed E-state index contributed by atoms with van der Waals surface area (Å²) in [5.74, 6) is -1.91. The SMILES string of the molecule is CCC(Sc1cccc(NC(=O)c2ccc([N+](=O)[O-])cc2)c1)C(=O)Nc1cc(C(=O)O)ccc1Cl. The molecule has 180 valence electrons. The number of aromatic carboxylic acids is 1. The summed E-state index contributed by atoms with van der Waals surface area (Å²) in [7, 11) is 0. The molecule has 3 aromatic carbocycles. The van der Waals surface area contributed by atoms with Gasteiger partial charge in [-0.05, 0) is 55.0 Å². The Balaban J connectivity index is 1.68. The van der Waals surface area contributed by atoms with Crippen molar-refractivity contribution < 1.29 is 24.4 Å². The molecule has 3 rings (SSSR count). The van der Waals surface area contributed by atoms with Gasteiger partial charge in [0.15, 0.2) is 0 Å². The average Bonchev–Trinajstić information content (AvgIpc) is 2.83. The van der Waals surface area contributed by atoms with Gasteiger partial charge in [0.25, 0.3) is 11.6 Å². The first-order valence-electron chi connectivity index (χ1n) is 10.3. The van der Waals surface area contributed by atoms with Crippen LogP contribution >= 0.6 is 23.4 Å². The fourth-order valence-corrected chi connectivity index (χ4v) is 4.22. The lowest BCUT2D eigenvalue weighted by molar-refractivity contribution is -0.384. The molecule has 0 aliphatic rings. The number of nitrogens with zero attached hydrogens (tertiary/aromatic N) is 1. The van der Waals surface area contributed by atoms with Crippen molar-refractivity contribution in [3.8, 4) is 0 Å². The molecular formula is C24H20ClN3O6S. The van der Waals surface area contributed by atoms with Crippen molar-refractivity contribution in [1.82, 2.24) is 0 Å². The fourth-order valence-electron chi connectivity index (χ4n) is 3.04. The Morgan fingerprint density at radius 2 is 1.71 bits per heavy atom. The number of nitro groups is 1. The Morgan fingerprint density at radius 3 is 2.34 bits per heavy atom. The molecule has 2 amide bonds. The van der Waals surface area contributed by atoms with E-state index in [0.29, 0.717) is 12.1 Å². The van der Waals surface area contributed by atoms with Gasteiger partial charge >= 0.3 is 5.97 Å². The number of carbonyl (C=O) groups is 3. The molecule has 35 heavy (non-hydrogen) atoms. The highest BCUT2D eigenvalue weighted by molar-refractivity contribution is 8.00. The van der Waals surface area contributed by atoms with Crippen molar-refractivity contribution in [3.63, 3.8) is 0 Å². The van der Waals surface area contributed by atoms with Crippen LogP contribution in [0, 0.1) is 10.1 Å². The number of hydrogen-bond donors (Lipinski definition) is 3. The number of amides is 2. The van der Waals surface area contributed by atoms with Gasteiger partial charge in [-0.15, -0.1) is 11.8 Å². The summed E-state index contributed by atoms with van der Waals surface area (Å²) in [6.07, 6.45) is 0.478. The second-order valence-corrected chi connectivity index (χ2v) is 8.97. The Morgan fingerprint density at radius 1 is 1.03 bits per heavy atom. The van der Waals surface area contributed by atoms with Gasteiger partial charge in [-0.3, -0.25) is 19.7 Å². The molecule has 0 spiro atoms. The topological polar surface area (TPSA) is 139 Å². The van der Waals surface area contributed by atoms with E-state index >= 15 is 0 Å². The molecule has 1 unspecified atom stereocenters.